The molecule has 1 aromatic heterocycles. The van der Waals surface area contributed by atoms with Crippen LogP contribution in [0.5, 0.6) is 0 Å². The number of pyridine rings is 1. The molecule has 3 rings (SSSR count). The Morgan fingerprint density at radius 2 is 1.67 bits per heavy atom. The molecule has 0 saturated heterocycles. The zero-order valence-corrected chi connectivity index (χ0v) is 18.1. The predicted octanol–water partition coefficient (Wildman–Crippen LogP) is 6.34. The predicted molar refractivity (Wildman–Crippen MR) is 120 cm³/mol. The fourth-order valence-electron chi connectivity index (χ4n) is 3.53. The number of carbonyl (C=O) groups is 1. The maximum atomic E-state index is 13.4. The number of carbonyl (C=O) groups excluding carboxylic acids is 1. The number of halogens is 1. The van der Waals surface area contributed by atoms with Gasteiger partial charge in [0.05, 0.1) is 6.54 Å². The lowest BCUT2D eigenvalue weighted by Gasteiger charge is -2.30. The Kier molecular flexibility index (Phi) is 6.66. The van der Waals surface area contributed by atoms with Gasteiger partial charge in [-0.25, -0.2) is 4.39 Å². The Labute approximate surface area is 178 Å². The molecule has 0 aliphatic carbocycles. The van der Waals surface area contributed by atoms with E-state index in [2.05, 4.69) is 19.1 Å². The summed E-state index contributed by atoms with van der Waals surface area (Å²) in [6, 6.07) is 20.5. The van der Waals surface area contributed by atoms with Crippen LogP contribution in [0.15, 0.2) is 72.9 Å². The highest BCUT2D eigenvalue weighted by atomic mass is 19.1. The minimum absolute atomic E-state index is 0.0195. The SMILES string of the molecule is CCC(c1ccccc1)c1ccc(CN(C(=O)C(C)(C)C)c2ccc(F)cc2)cn1. The minimum atomic E-state index is -0.553. The molecule has 3 nitrogen and oxygen atoms in total. The van der Waals surface area contributed by atoms with Crippen LogP contribution in [0.25, 0.3) is 0 Å². The first kappa shape index (κ1) is 21.7. The lowest BCUT2D eigenvalue weighted by Crippen LogP contribution is -2.39. The number of rotatable bonds is 6. The smallest absolute Gasteiger partial charge is 0.232 e. The van der Waals surface area contributed by atoms with Gasteiger partial charge in [0.15, 0.2) is 0 Å². The van der Waals surface area contributed by atoms with Crippen molar-refractivity contribution in [3.8, 4) is 0 Å². The van der Waals surface area contributed by atoms with Crippen molar-refractivity contribution in [3.63, 3.8) is 0 Å². The Balaban J connectivity index is 1.86. The van der Waals surface area contributed by atoms with Gasteiger partial charge in [0.25, 0.3) is 0 Å². The van der Waals surface area contributed by atoms with E-state index >= 15 is 0 Å². The van der Waals surface area contributed by atoms with Crippen LogP contribution in [0, 0.1) is 11.2 Å². The Morgan fingerprint density at radius 1 is 1.00 bits per heavy atom. The van der Waals surface area contributed by atoms with E-state index in [-0.39, 0.29) is 17.6 Å². The number of amides is 1. The van der Waals surface area contributed by atoms with Crippen LogP contribution in [0.2, 0.25) is 0 Å². The van der Waals surface area contributed by atoms with Crippen LogP contribution in [0.4, 0.5) is 10.1 Å². The zero-order chi connectivity index (χ0) is 21.7. The Morgan fingerprint density at radius 3 is 2.20 bits per heavy atom. The molecule has 1 amide bonds. The van der Waals surface area contributed by atoms with Crippen LogP contribution < -0.4 is 4.90 Å². The van der Waals surface area contributed by atoms with Gasteiger partial charge in [0.1, 0.15) is 5.82 Å². The lowest BCUT2D eigenvalue weighted by atomic mass is 9.92. The minimum Gasteiger partial charge on any atom is -0.307 e. The van der Waals surface area contributed by atoms with Crippen LogP contribution in [0.1, 0.15) is 56.9 Å². The lowest BCUT2D eigenvalue weighted by molar-refractivity contribution is -0.125. The average Bonchev–Trinajstić information content (AvgIpc) is 2.74. The topological polar surface area (TPSA) is 33.2 Å². The first-order valence-corrected chi connectivity index (χ1v) is 10.4. The number of hydrogen-bond donors (Lipinski definition) is 0. The third-order valence-corrected chi connectivity index (χ3v) is 5.18. The van der Waals surface area contributed by atoms with Gasteiger partial charge in [-0.2, -0.15) is 0 Å². The van der Waals surface area contributed by atoms with Crippen molar-refractivity contribution in [2.75, 3.05) is 4.90 Å². The molecule has 0 spiro atoms. The molecule has 0 aliphatic rings. The summed E-state index contributed by atoms with van der Waals surface area (Å²) in [7, 11) is 0. The van der Waals surface area contributed by atoms with Gasteiger partial charge in [-0.3, -0.25) is 9.78 Å². The van der Waals surface area contributed by atoms with Gasteiger partial charge in [-0.05, 0) is 47.9 Å². The van der Waals surface area contributed by atoms with Crippen molar-refractivity contribution in [2.24, 2.45) is 5.41 Å². The zero-order valence-electron chi connectivity index (χ0n) is 18.1. The molecule has 0 saturated carbocycles. The first-order valence-electron chi connectivity index (χ1n) is 10.4. The molecule has 0 bridgehead atoms. The van der Waals surface area contributed by atoms with E-state index in [4.69, 9.17) is 4.98 Å². The molecule has 0 radical (unpaired) electrons. The molecule has 0 N–H and O–H groups in total. The molecular formula is C26H29FN2O. The first-order chi connectivity index (χ1) is 14.3. The Bertz CT molecular complexity index is 961. The number of benzene rings is 2. The number of aromatic nitrogens is 1. The highest BCUT2D eigenvalue weighted by Crippen LogP contribution is 2.28. The fraction of sp³-hybridized carbons (Fsp3) is 0.308. The van der Waals surface area contributed by atoms with Crippen molar-refractivity contribution in [3.05, 3.63) is 95.6 Å². The highest BCUT2D eigenvalue weighted by molar-refractivity contribution is 5.96. The normalized spacial score (nSPS) is 12.4. The summed E-state index contributed by atoms with van der Waals surface area (Å²) in [5.74, 6) is -0.0991. The molecule has 1 heterocycles. The fourth-order valence-corrected chi connectivity index (χ4v) is 3.53. The Hall–Kier alpha value is -3.01. The summed E-state index contributed by atoms with van der Waals surface area (Å²) in [5.41, 5.74) is 3.32. The number of anilines is 1. The van der Waals surface area contributed by atoms with E-state index in [1.165, 1.54) is 17.7 Å². The van der Waals surface area contributed by atoms with E-state index in [0.717, 1.165) is 17.7 Å². The van der Waals surface area contributed by atoms with E-state index in [0.29, 0.717) is 12.2 Å². The van der Waals surface area contributed by atoms with Crippen molar-refractivity contribution in [2.45, 2.75) is 46.6 Å². The summed E-state index contributed by atoms with van der Waals surface area (Å²) >= 11 is 0. The van der Waals surface area contributed by atoms with E-state index in [1.54, 1.807) is 17.0 Å². The maximum Gasteiger partial charge on any atom is 0.232 e. The van der Waals surface area contributed by atoms with Crippen LogP contribution >= 0.6 is 0 Å². The average molecular weight is 405 g/mol. The summed E-state index contributed by atoms with van der Waals surface area (Å²) in [5, 5.41) is 0. The van der Waals surface area contributed by atoms with Crippen molar-refractivity contribution >= 4 is 11.6 Å². The van der Waals surface area contributed by atoms with Crippen molar-refractivity contribution in [1.29, 1.82) is 0 Å². The third kappa shape index (κ3) is 5.12. The molecular weight excluding hydrogens is 375 g/mol. The summed E-state index contributed by atoms with van der Waals surface area (Å²) in [4.78, 5) is 19.5. The molecule has 0 aliphatic heterocycles. The van der Waals surface area contributed by atoms with E-state index in [1.807, 2.05) is 57.3 Å². The van der Waals surface area contributed by atoms with Crippen molar-refractivity contribution in [1.82, 2.24) is 4.98 Å². The highest BCUT2D eigenvalue weighted by Gasteiger charge is 2.28. The van der Waals surface area contributed by atoms with Crippen LogP contribution in [0.3, 0.4) is 0 Å². The van der Waals surface area contributed by atoms with Crippen molar-refractivity contribution < 1.29 is 9.18 Å². The molecule has 4 heteroatoms. The van der Waals surface area contributed by atoms with E-state index in [9.17, 15) is 9.18 Å². The standard InChI is InChI=1S/C26H29FN2O/c1-5-23(20-9-7-6-8-10-20)24-16-11-19(17-28-24)18-29(25(30)26(2,3)4)22-14-12-21(27)13-15-22/h6-17,23H,5,18H2,1-4H3. The van der Waals surface area contributed by atoms with Gasteiger partial charge in [-0.15, -0.1) is 0 Å². The molecule has 0 fully saturated rings. The third-order valence-electron chi connectivity index (χ3n) is 5.18. The van der Waals surface area contributed by atoms with Crippen LogP contribution in [-0.2, 0) is 11.3 Å². The quantitative estimate of drug-likeness (QED) is 0.480. The molecule has 30 heavy (non-hydrogen) atoms. The molecule has 2 aromatic carbocycles. The largest absolute Gasteiger partial charge is 0.307 e. The van der Waals surface area contributed by atoms with Gasteiger partial charge in [0.2, 0.25) is 5.91 Å². The second kappa shape index (κ2) is 9.21. The molecule has 1 atom stereocenters. The summed E-state index contributed by atoms with van der Waals surface area (Å²) in [6.07, 6.45) is 2.80. The number of hydrogen-bond acceptors (Lipinski definition) is 2. The molecule has 1 unspecified atom stereocenters. The van der Waals surface area contributed by atoms with Gasteiger partial charge >= 0.3 is 0 Å². The monoisotopic (exact) mass is 404 g/mol. The van der Waals surface area contributed by atoms with Gasteiger partial charge in [0, 0.05) is 28.9 Å². The molecule has 3 aromatic rings. The van der Waals surface area contributed by atoms with Gasteiger partial charge < -0.3 is 4.90 Å². The summed E-state index contributed by atoms with van der Waals surface area (Å²) in [6.45, 7) is 8.21. The second-order valence-electron chi connectivity index (χ2n) is 8.58. The van der Waals surface area contributed by atoms with Gasteiger partial charge in [-0.1, -0.05) is 64.1 Å². The number of nitrogens with zero attached hydrogens (tertiary/aromatic N) is 2. The van der Waals surface area contributed by atoms with E-state index < -0.39 is 5.41 Å². The maximum absolute atomic E-state index is 13.4. The summed E-state index contributed by atoms with van der Waals surface area (Å²) < 4.78 is 13.4. The van der Waals surface area contributed by atoms with Crippen LogP contribution in [-0.4, -0.2) is 10.9 Å². The second-order valence-corrected chi connectivity index (χ2v) is 8.58. The molecule has 156 valence electrons.